The van der Waals surface area contributed by atoms with Gasteiger partial charge in [0, 0.05) is 22.4 Å². The van der Waals surface area contributed by atoms with E-state index < -0.39 is 0 Å². The lowest BCUT2D eigenvalue weighted by molar-refractivity contribution is 1.17. The van der Waals surface area contributed by atoms with E-state index in [9.17, 15) is 0 Å². The second kappa shape index (κ2) is 4.28. The van der Waals surface area contributed by atoms with Crippen LogP contribution in [-0.4, -0.2) is 9.38 Å². The fraction of sp³-hybridized carbons (Fsp3) is 0. The van der Waals surface area contributed by atoms with Crippen molar-refractivity contribution in [3.8, 4) is 17.3 Å². The number of nitriles is 1. The molecule has 2 heterocycles. The van der Waals surface area contributed by atoms with Crippen LogP contribution in [0.1, 0.15) is 5.56 Å². The number of rotatable bonds is 1. The Morgan fingerprint density at radius 3 is 2.56 bits per heavy atom. The zero-order valence-corrected chi connectivity index (χ0v) is 10.9. The minimum absolute atomic E-state index is 0.627. The standard InChI is InChI=1S/C14H8BrN3/c15-12-4-2-11(3-5-12)13-9-18-8-10(7-16)1-6-14(18)17-13/h1-6,8-9H. The van der Waals surface area contributed by atoms with Crippen LogP contribution in [0, 0.1) is 11.3 Å². The highest BCUT2D eigenvalue weighted by Crippen LogP contribution is 2.21. The summed E-state index contributed by atoms with van der Waals surface area (Å²) in [5.74, 6) is 0. The van der Waals surface area contributed by atoms with Crippen molar-refractivity contribution in [3.63, 3.8) is 0 Å². The summed E-state index contributed by atoms with van der Waals surface area (Å²) in [6.45, 7) is 0. The fourth-order valence-corrected chi connectivity index (χ4v) is 2.08. The highest BCUT2D eigenvalue weighted by Gasteiger charge is 2.04. The minimum atomic E-state index is 0.627. The molecule has 0 radical (unpaired) electrons. The number of nitrogens with zero attached hydrogens (tertiary/aromatic N) is 3. The molecule has 0 atom stereocenters. The van der Waals surface area contributed by atoms with E-state index in [1.807, 2.05) is 40.9 Å². The van der Waals surface area contributed by atoms with Gasteiger partial charge in [-0.3, -0.25) is 0 Å². The molecule has 18 heavy (non-hydrogen) atoms. The molecule has 0 bridgehead atoms. The third kappa shape index (κ3) is 1.89. The van der Waals surface area contributed by atoms with Crippen molar-refractivity contribution in [2.24, 2.45) is 0 Å². The Kier molecular flexibility index (Phi) is 2.62. The minimum Gasteiger partial charge on any atom is -0.305 e. The number of pyridine rings is 1. The third-order valence-corrected chi connectivity index (χ3v) is 3.25. The molecule has 0 amide bonds. The summed E-state index contributed by atoms with van der Waals surface area (Å²) in [5.41, 5.74) is 3.42. The molecular formula is C14H8BrN3. The SMILES string of the molecule is N#Cc1ccc2nc(-c3ccc(Br)cc3)cn2c1. The smallest absolute Gasteiger partial charge is 0.137 e. The van der Waals surface area contributed by atoms with Gasteiger partial charge in [0.15, 0.2) is 0 Å². The van der Waals surface area contributed by atoms with Crippen LogP contribution in [0.4, 0.5) is 0 Å². The van der Waals surface area contributed by atoms with E-state index in [-0.39, 0.29) is 0 Å². The van der Waals surface area contributed by atoms with Gasteiger partial charge in [-0.25, -0.2) is 4.98 Å². The van der Waals surface area contributed by atoms with Crippen molar-refractivity contribution in [3.05, 3.63) is 58.8 Å². The summed E-state index contributed by atoms with van der Waals surface area (Å²) in [5, 5.41) is 8.86. The first-order valence-electron chi connectivity index (χ1n) is 5.41. The third-order valence-electron chi connectivity index (χ3n) is 2.72. The molecule has 0 aliphatic heterocycles. The number of imidazole rings is 1. The van der Waals surface area contributed by atoms with E-state index in [4.69, 9.17) is 5.26 Å². The quantitative estimate of drug-likeness (QED) is 0.688. The first-order chi connectivity index (χ1) is 8.76. The molecular weight excluding hydrogens is 290 g/mol. The first-order valence-corrected chi connectivity index (χ1v) is 6.20. The second-order valence-electron chi connectivity index (χ2n) is 3.93. The molecule has 0 fully saturated rings. The van der Waals surface area contributed by atoms with Gasteiger partial charge in [-0.2, -0.15) is 5.26 Å². The molecule has 0 spiro atoms. The molecule has 3 nitrogen and oxygen atoms in total. The van der Waals surface area contributed by atoms with E-state index in [2.05, 4.69) is 27.0 Å². The number of fused-ring (bicyclic) bond motifs is 1. The van der Waals surface area contributed by atoms with Gasteiger partial charge in [0.05, 0.1) is 11.3 Å². The molecule has 86 valence electrons. The predicted octanol–water partition coefficient (Wildman–Crippen LogP) is 3.64. The van der Waals surface area contributed by atoms with Crippen LogP contribution in [0.5, 0.6) is 0 Å². The molecule has 2 aromatic heterocycles. The van der Waals surface area contributed by atoms with Gasteiger partial charge < -0.3 is 4.40 Å². The van der Waals surface area contributed by atoms with E-state index in [0.717, 1.165) is 21.4 Å². The van der Waals surface area contributed by atoms with Crippen molar-refractivity contribution in [2.75, 3.05) is 0 Å². The molecule has 4 heteroatoms. The highest BCUT2D eigenvalue weighted by atomic mass is 79.9. The Bertz CT molecular complexity index is 751. The molecule has 0 aliphatic rings. The Hall–Kier alpha value is -2.12. The lowest BCUT2D eigenvalue weighted by atomic mass is 10.2. The van der Waals surface area contributed by atoms with Crippen molar-refractivity contribution in [1.29, 1.82) is 5.26 Å². The molecule has 0 unspecified atom stereocenters. The lowest BCUT2D eigenvalue weighted by Gasteiger charge is -1.95. The van der Waals surface area contributed by atoms with Crippen molar-refractivity contribution in [1.82, 2.24) is 9.38 Å². The van der Waals surface area contributed by atoms with Crippen molar-refractivity contribution >= 4 is 21.6 Å². The van der Waals surface area contributed by atoms with Crippen LogP contribution in [0.15, 0.2) is 53.3 Å². The van der Waals surface area contributed by atoms with Crippen molar-refractivity contribution in [2.45, 2.75) is 0 Å². The van der Waals surface area contributed by atoms with E-state index in [0.29, 0.717) is 5.56 Å². The molecule has 0 N–H and O–H groups in total. The van der Waals surface area contributed by atoms with Gasteiger partial charge in [-0.15, -0.1) is 0 Å². The second-order valence-corrected chi connectivity index (χ2v) is 4.84. The Morgan fingerprint density at radius 2 is 1.83 bits per heavy atom. The zero-order valence-electron chi connectivity index (χ0n) is 9.34. The summed E-state index contributed by atoms with van der Waals surface area (Å²) in [6.07, 6.45) is 3.71. The van der Waals surface area contributed by atoms with Gasteiger partial charge >= 0.3 is 0 Å². The summed E-state index contributed by atoms with van der Waals surface area (Å²) in [4.78, 5) is 4.53. The average molecular weight is 298 g/mol. The largest absolute Gasteiger partial charge is 0.305 e. The number of aromatic nitrogens is 2. The van der Waals surface area contributed by atoms with E-state index in [1.165, 1.54) is 0 Å². The van der Waals surface area contributed by atoms with Crippen LogP contribution in [0.25, 0.3) is 16.9 Å². The predicted molar refractivity (Wildman–Crippen MR) is 73.0 cm³/mol. The maximum Gasteiger partial charge on any atom is 0.137 e. The topological polar surface area (TPSA) is 41.1 Å². The number of hydrogen-bond acceptors (Lipinski definition) is 2. The van der Waals surface area contributed by atoms with Gasteiger partial charge in [0.25, 0.3) is 0 Å². The summed E-state index contributed by atoms with van der Waals surface area (Å²) in [7, 11) is 0. The Balaban J connectivity index is 2.13. The summed E-state index contributed by atoms with van der Waals surface area (Å²) >= 11 is 3.41. The normalized spacial score (nSPS) is 10.4. The monoisotopic (exact) mass is 297 g/mol. The van der Waals surface area contributed by atoms with Crippen LogP contribution < -0.4 is 0 Å². The van der Waals surface area contributed by atoms with E-state index in [1.54, 1.807) is 12.3 Å². The van der Waals surface area contributed by atoms with Gasteiger partial charge in [-0.05, 0) is 24.3 Å². The van der Waals surface area contributed by atoms with Crippen LogP contribution >= 0.6 is 15.9 Å². The molecule has 3 rings (SSSR count). The highest BCUT2D eigenvalue weighted by molar-refractivity contribution is 9.10. The summed E-state index contributed by atoms with van der Waals surface area (Å²) < 4.78 is 2.91. The van der Waals surface area contributed by atoms with Crippen LogP contribution in [-0.2, 0) is 0 Å². The van der Waals surface area contributed by atoms with Crippen molar-refractivity contribution < 1.29 is 0 Å². The van der Waals surface area contributed by atoms with Crippen LogP contribution in [0.3, 0.4) is 0 Å². The average Bonchev–Trinajstić information content (AvgIpc) is 2.82. The zero-order chi connectivity index (χ0) is 12.5. The fourth-order valence-electron chi connectivity index (χ4n) is 1.82. The molecule has 1 aromatic carbocycles. The molecule has 0 saturated carbocycles. The summed E-state index contributed by atoms with van der Waals surface area (Å²) in [6, 6.07) is 13.7. The molecule has 0 saturated heterocycles. The Morgan fingerprint density at radius 1 is 1.06 bits per heavy atom. The van der Waals surface area contributed by atoms with Gasteiger partial charge in [-0.1, -0.05) is 28.1 Å². The lowest BCUT2D eigenvalue weighted by Crippen LogP contribution is -1.83. The Labute approximate surface area is 112 Å². The maximum absolute atomic E-state index is 8.86. The number of hydrogen-bond donors (Lipinski definition) is 0. The van der Waals surface area contributed by atoms with Gasteiger partial charge in [0.1, 0.15) is 11.7 Å². The number of halogens is 1. The van der Waals surface area contributed by atoms with Gasteiger partial charge in [0.2, 0.25) is 0 Å². The van der Waals surface area contributed by atoms with Crippen LogP contribution in [0.2, 0.25) is 0 Å². The first kappa shape index (κ1) is 11.0. The maximum atomic E-state index is 8.86. The van der Waals surface area contributed by atoms with E-state index >= 15 is 0 Å². The number of benzene rings is 1. The molecule has 3 aromatic rings. The molecule has 0 aliphatic carbocycles.